The third-order valence-corrected chi connectivity index (χ3v) is 6.90. The van der Waals surface area contributed by atoms with Gasteiger partial charge in [-0.2, -0.15) is 0 Å². The Labute approximate surface area is 215 Å². The number of aryl methyl sites for hydroxylation is 1. The Balaban J connectivity index is 1.80. The molecule has 0 aliphatic carbocycles. The van der Waals surface area contributed by atoms with Gasteiger partial charge in [-0.1, -0.05) is 64.4 Å². The van der Waals surface area contributed by atoms with Crippen LogP contribution in [0.15, 0.2) is 6.07 Å². The summed E-state index contributed by atoms with van der Waals surface area (Å²) in [5, 5.41) is 19.6. The van der Waals surface area contributed by atoms with Crippen molar-refractivity contribution in [2.24, 2.45) is 0 Å². The first-order chi connectivity index (χ1) is 17.3. The molecule has 0 aromatic heterocycles. The summed E-state index contributed by atoms with van der Waals surface area (Å²) < 4.78 is 5.34. The zero-order valence-electron chi connectivity index (χ0n) is 22.5. The number of methoxy groups -OCH3 is 1. The molecule has 36 heavy (non-hydrogen) atoms. The number of benzene rings is 1. The summed E-state index contributed by atoms with van der Waals surface area (Å²) in [5.41, 5.74) is 2.26. The average Bonchev–Trinajstić information content (AvgIpc) is 2.85. The van der Waals surface area contributed by atoms with Crippen molar-refractivity contribution in [3.63, 3.8) is 0 Å². The number of fused-ring (bicyclic) bond motifs is 1. The maximum atomic E-state index is 12.7. The molecule has 0 unspecified atom stereocenters. The summed E-state index contributed by atoms with van der Waals surface area (Å²) in [6.45, 7) is 5.88. The van der Waals surface area contributed by atoms with E-state index in [1.165, 1.54) is 45.6 Å². The lowest BCUT2D eigenvalue weighted by Crippen LogP contribution is -2.49. The van der Waals surface area contributed by atoms with Gasteiger partial charge in [-0.25, -0.2) is 0 Å². The van der Waals surface area contributed by atoms with Gasteiger partial charge in [0.2, 0.25) is 11.8 Å². The Hall–Kier alpha value is -2.61. The number of rotatable bonds is 16. The van der Waals surface area contributed by atoms with E-state index in [4.69, 9.17) is 4.74 Å². The molecule has 8 nitrogen and oxygen atoms in total. The van der Waals surface area contributed by atoms with Crippen LogP contribution in [0.5, 0.6) is 11.5 Å². The molecule has 2 amide bonds. The quantitative estimate of drug-likeness (QED) is 0.200. The molecule has 0 radical (unpaired) electrons. The van der Waals surface area contributed by atoms with Crippen LogP contribution in [0.4, 0.5) is 0 Å². The van der Waals surface area contributed by atoms with Crippen LogP contribution < -0.4 is 20.7 Å². The van der Waals surface area contributed by atoms with Gasteiger partial charge in [0.25, 0.3) is 0 Å². The summed E-state index contributed by atoms with van der Waals surface area (Å²) in [7, 11) is 1.49. The Morgan fingerprint density at radius 2 is 1.81 bits per heavy atom. The zero-order chi connectivity index (χ0) is 26.5. The van der Waals surface area contributed by atoms with Gasteiger partial charge in [-0.15, -0.1) is 0 Å². The minimum Gasteiger partial charge on any atom is -0.504 e. The molecule has 0 bridgehead atoms. The molecule has 8 heteroatoms. The molecule has 2 rings (SSSR count). The fourth-order valence-corrected chi connectivity index (χ4v) is 4.90. The van der Waals surface area contributed by atoms with E-state index in [9.17, 15) is 19.5 Å². The predicted octanol–water partition coefficient (Wildman–Crippen LogP) is 4.01. The summed E-state index contributed by atoms with van der Waals surface area (Å²) >= 11 is 0. The van der Waals surface area contributed by atoms with Crippen LogP contribution >= 0.6 is 0 Å². The van der Waals surface area contributed by atoms with Gasteiger partial charge in [0, 0.05) is 18.5 Å². The molecular formula is C28H45N3O5. The fourth-order valence-electron chi connectivity index (χ4n) is 4.90. The van der Waals surface area contributed by atoms with E-state index in [1.807, 2.05) is 13.0 Å². The van der Waals surface area contributed by atoms with Crippen molar-refractivity contribution < 1.29 is 24.2 Å². The zero-order valence-corrected chi connectivity index (χ0v) is 22.5. The van der Waals surface area contributed by atoms with Gasteiger partial charge >= 0.3 is 0 Å². The highest BCUT2D eigenvalue weighted by atomic mass is 16.5. The van der Waals surface area contributed by atoms with Gasteiger partial charge in [0.1, 0.15) is 12.3 Å². The first-order valence-electron chi connectivity index (χ1n) is 13.5. The summed E-state index contributed by atoms with van der Waals surface area (Å²) in [6, 6.07) is 0.351. The number of carbonyl (C=O) groups excluding carboxylic acids is 3. The van der Waals surface area contributed by atoms with E-state index < -0.39 is 18.1 Å². The second-order valence-electron chi connectivity index (χ2n) is 9.93. The molecular weight excluding hydrogens is 458 g/mol. The molecule has 1 aliphatic rings. The van der Waals surface area contributed by atoms with E-state index in [2.05, 4.69) is 22.9 Å². The molecule has 0 saturated heterocycles. The van der Waals surface area contributed by atoms with Crippen LogP contribution in [-0.4, -0.2) is 48.9 Å². The van der Waals surface area contributed by atoms with Gasteiger partial charge in [0.05, 0.1) is 19.2 Å². The van der Waals surface area contributed by atoms with E-state index in [0.717, 1.165) is 36.7 Å². The Kier molecular flexibility index (Phi) is 12.7. The standard InChI is InChI=1S/C28H45N3O5/c1-5-6-7-8-9-10-11-12-13-14-24(33)30-20(3)28(35)29-17-23-25-21(16-22(18-32)31-23)15-19(2)27(36-4)26(25)34/h15,18,20,22-23,31,34H,5-14,16-17H2,1-4H3,(H,29,35)(H,30,33)/t20-,22-,23-/m0/s1. The van der Waals surface area contributed by atoms with Crippen molar-refractivity contribution in [3.8, 4) is 11.5 Å². The topological polar surface area (TPSA) is 117 Å². The summed E-state index contributed by atoms with van der Waals surface area (Å²) in [6.07, 6.45) is 12.4. The third-order valence-electron chi connectivity index (χ3n) is 6.90. The van der Waals surface area contributed by atoms with Gasteiger partial charge in [-0.3, -0.25) is 14.9 Å². The Morgan fingerprint density at radius 3 is 2.42 bits per heavy atom. The predicted molar refractivity (Wildman–Crippen MR) is 141 cm³/mol. The SMILES string of the molecule is CCCCCCCCCCCC(=O)N[C@@H](C)C(=O)NC[C@@H]1N[C@H](C=O)Cc2cc(C)c(OC)c(O)c21. The number of unbranched alkanes of at least 4 members (excludes halogenated alkanes) is 8. The van der Waals surface area contributed by atoms with Crippen LogP contribution in [0.1, 0.15) is 101 Å². The minimum atomic E-state index is -0.679. The number of aromatic hydroxyl groups is 1. The lowest BCUT2D eigenvalue weighted by Gasteiger charge is -2.32. The van der Waals surface area contributed by atoms with Crippen LogP contribution in [0.25, 0.3) is 0 Å². The van der Waals surface area contributed by atoms with Crippen LogP contribution in [-0.2, 0) is 20.8 Å². The molecule has 0 fully saturated rings. The van der Waals surface area contributed by atoms with Crippen molar-refractivity contribution in [1.29, 1.82) is 0 Å². The number of ether oxygens (including phenoxy) is 1. The number of carbonyl (C=O) groups is 3. The number of phenolic OH excluding ortho intramolecular Hbond substituents is 1. The number of amides is 2. The first-order valence-corrected chi connectivity index (χ1v) is 13.5. The second-order valence-corrected chi connectivity index (χ2v) is 9.93. The number of phenols is 1. The van der Waals surface area contributed by atoms with Gasteiger partial charge < -0.3 is 25.3 Å². The first kappa shape index (κ1) is 29.6. The molecule has 3 atom stereocenters. The van der Waals surface area contributed by atoms with E-state index in [-0.39, 0.29) is 24.1 Å². The van der Waals surface area contributed by atoms with Crippen molar-refractivity contribution in [1.82, 2.24) is 16.0 Å². The van der Waals surface area contributed by atoms with Crippen molar-refractivity contribution in [2.45, 2.75) is 110 Å². The average molecular weight is 504 g/mol. The van der Waals surface area contributed by atoms with E-state index in [1.54, 1.807) is 6.92 Å². The Bertz CT molecular complexity index is 873. The largest absolute Gasteiger partial charge is 0.504 e. The lowest BCUT2D eigenvalue weighted by molar-refractivity contribution is -0.128. The molecule has 1 aromatic carbocycles. The monoisotopic (exact) mass is 503 g/mol. The highest BCUT2D eigenvalue weighted by molar-refractivity contribution is 5.87. The maximum absolute atomic E-state index is 12.7. The smallest absolute Gasteiger partial charge is 0.242 e. The highest BCUT2D eigenvalue weighted by Crippen LogP contribution is 2.41. The molecule has 202 valence electrons. The molecule has 1 heterocycles. The van der Waals surface area contributed by atoms with Crippen molar-refractivity contribution in [2.75, 3.05) is 13.7 Å². The number of aldehydes is 1. The highest BCUT2D eigenvalue weighted by Gasteiger charge is 2.31. The van der Waals surface area contributed by atoms with Crippen LogP contribution in [0.3, 0.4) is 0 Å². The second kappa shape index (κ2) is 15.5. The summed E-state index contributed by atoms with van der Waals surface area (Å²) in [5.74, 6) is -0.0364. The molecule has 1 aromatic rings. The van der Waals surface area contributed by atoms with Crippen molar-refractivity contribution >= 4 is 18.1 Å². The van der Waals surface area contributed by atoms with Gasteiger partial charge in [0.15, 0.2) is 11.5 Å². The fraction of sp³-hybridized carbons (Fsp3) is 0.679. The molecule has 0 saturated carbocycles. The maximum Gasteiger partial charge on any atom is 0.242 e. The van der Waals surface area contributed by atoms with E-state index in [0.29, 0.717) is 24.2 Å². The van der Waals surface area contributed by atoms with Crippen LogP contribution in [0, 0.1) is 6.92 Å². The number of nitrogens with one attached hydrogen (secondary N) is 3. The minimum absolute atomic E-state index is 0.0194. The molecule has 4 N–H and O–H groups in total. The van der Waals surface area contributed by atoms with Crippen molar-refractivity contribution in [3.05, 3.63) is 22.8 Å². The molecule has 1 aliphatic heterocycles. The van der Waals surface area contributed by atoms with Crippen LogP contribution in [0.2, 0.25) is 0 Å². The molecule has 0 spiro atoms. The lowest BCUT2D eigenvalue weighted by atomic mass is 9.88. The number of hydrogen-bond acceptors (Lipinski definition) is 6. The normalized spacial score (nSPS) is 17.7. The Morgan fingerprint density at radius 1 is 1.17 bits per heavy atom. The van der Waals surface area contributed by atoms with Gasteiger partial charge in [-0.05, 0) is 37.8 Å². The third kappa shape index (κ3) is 8.80. The van der Waals surface area contributed by atoms with E-state index >= 15 is 0 Å². The summed E-state index contributed by atoms with van der Waals surface area (Å²) in [4.78, 5) is 36.4. The number of hydrogen-bond donors (Lipinski definition) is 4.